The van der Waals surface area contributed by atoms with Gasteiger partial charge in [-0.1, -0.05) is 32.4 Å². The average Bonchev–Trinajstić information content (AvgIpc) is 2.89. The Morgan fingerprint density at radius 1 is 1.10 bits per heavy atom. The van der Waals surface area contributed by atoms with Gasteiger partial charge in [0, 0.05) is 15.0 Å². The molecule has 166 valence electrons. The molecule has 3 amide bonds. The molecule has 2 aromatic rings. The number of thiophene rings is 1. The quantitative estimate of drug-likeness (QED) is 0.457. The Bertz CT molecular complexity index is 951. The molecule has 0 fully saturated rings. The summed E-state index contributed by atoms with van der Waals surface area (Å²) in [6.07, 6.45) is 4.19. The molecule has 0 saturated heterocycles. The molecule has 3 rings (SSSR count). The van der Waals surface area contributed by atoms with Crippen molar-refractivity contribution < 1.29 is 19.1 Å². The highest BCUT2D eigenvalue weighted by Gasteiger charge is 2.27. The molecule has 1 aliphatic rings. The normalized spacial score (nSPS) is 13.3. The summed E-state index contributed by atoms with van der Waals surface area (Å²) in [6.45, 7) is 4.28. The van der Waals surface area contributed by atoms with Crippen molar-refractivity contribution in [3.05, 3.63) is 45.8 Å². The predicted octanol–water partition coefficient (Wildman–Crippen LogP) is 5.19. The molecule has 0 aliphatic heterocycles. The van der Waals surface area contributed by atoms with E-state index < -0.39 is 12.0 Å². The van der Waals surface area contributed by atoms with Crippen LogP contribution in [0.1, 0.15) is 59.5 Å². The molecule has 0 bridgehead atoms. The Balaban J connectivity index is 1.77. The Hall–Kier alpha value is -2.32. The maximum absolute atomic E-state index is 12.8. The molecule has 6 nitrogen and oxygen atoms in total. The molecule has 2 N–H and O–H groups in total. The topological polar surface area (TPSA) is 84.5 Å². The first-order valence-corrected chi connectivity index (χ1v) is 12.2. The number of aryl methyl sites for hydroxylation is 1. The number of imide groups is 1. The second-order valence-electron chi connectivity index (χ2n) is 7.75. The Morgan fingerprint density at radius 2 is 1.81 bits per heavy atom. The Kier molecular flexibility index (Phi) is 8.15. The monoisotopic (exact) mass is 460 g/mol. The molecular formula is C23H28N2O4S2. The zero-order valence-electron chi connectivity index (χ0n) is 18.1. The lowest BCUT2D eigenvalue weighted by Crippen LogP contribution is -2.31. The van der Waals surface area contributed by atoms with Crippen molar-refractivity contribution in [1.29, 1.82) is 0 Å². The van der Waals surface area contributed by atoms with Gasteiger partial charge >= 0.3 is 6.09 Å². The fourth-order valence-corrected chi connectivity index (χ4v) is 5.73. The van der Waals surface area contributed by atoms with Crippen LogP contribution >= 0.6 is 23.1 Å². The van der Waals surface area contributed by atoms with Gasteiger partial charge in [0.05, 0.1) is 19.1 Å². The number of nitrogens with one attached hydrogen (secondary N) is 2. The third-order valence-corrected chi connectivity index (χ3v) is 7.19. The van der Waals surface area contributed by atoms with Crippen LogP contribution in [0.25, 0.3) is 0 Å². The molecule has 1 aliphatic carbocycles. The van der Waals surface area contributed by atoms with Crippen LogP contribution < -0.4 is 10.6 Å². The highest BCUT2D eigenvalue weighted by atomic mass is 32.2. The number of thioether (sulfide) groups is 1. The van der Waals surface area contributed by atoms with Crippen LogP contribution in [0, 0.1) is 0 Å². The van der Waals surface area contributed by atoms with E-state index in [1.807, 2.05) is 24.3 Å². The van der Waals surface area contributed by atoms with E-state index in [1.54, 1.807) is 11.8 Å². The number of methoxy groups -OCH3 is 1. The van der Waals surface area contributed by atoms with Gasteiger partial charge in [-0.2, -0.15) is 0 Å². The van der Waals surface area contributed by atoms with E-state index in [1.165, 1.54) is 23.3 Å². The zero-order valence-corrected chi connectivity index (χ0v) is 19.7. The Labute approximate surface area is 191 Å². The second-order valence-corrected chi connectivity index (χ2v) is 10.5. The summed E-state index contributed by atoms with van der Waals surface area (Å²) in [5, 5.41) is 6.16. The lowest BCUT2D eigenvalue weighted by molar-refractivity contribution is -0.115. The largest absolute Gasteiger partial charge is 0.453 e. The van der Waals surface area contributed by atoms with E-state index in [-0.39, 0.29) is 12.3 Å². The lowest BCUT2D eigenvalue weighted by Gasteiger charge is -2.09. The summed E-state index contributed by atoms with van der Waals surface area (Å²) in [4.78, 5) is 39.4. The number of benzene rings is 1. The minimum absolute atomic E-state index is 0.187. The number of anilines is 1. The van der Waals surface area contributed by atoms with E-state index >= 15 is 0 Å². The predicted molar refractivity (Wildman–Crippen MR) is 125 cm³/mol. The first kappa shape index (κ1) is 23.3. The molecule has 1 aromatic carbocycles. The van der Waals surface area contributed by atoms with Gasteiger partial charge in [0.2, 0.25) is 5.91 Å². The van der Waals surface area contributed by atoms with Crippen molar-refractivity contribution in [2.45, 2.75) is 62.5 Å². The van der Waals surface area contributed by atoms with E-state index in [0.29, 0.717) is 15.8 Å². The van der Waals surface area contributed by atoms with Crippen LogP contribution in [0.3, 0.4) is 0 Å². The van der Waals surface area contributed by atoms with Gasteiger partial charge < -0.3 is 10.1 Å². The summed E-state index contributed by atoms with van der Waals surface area (Å²) in [6, 6.07) is 7.96. The fourth-order valence-electron chi connectivity index (χ4n) is 3.59. The van der Waals surface area contributed by atoms with Gasteiger partial charge in [0.25, 0.3) is 5.91 Å². The standard InChI is InChI=1S/C23H28N2O4S2/c1-14(2)30-16-11-9-15(10-12-16)13-19(26)24-22-20(21(27)25-23(28)29-3)17-7-5-4-6-8-18(17)31-22/h9-12,14H,4-8,13H2,1-3H3,(H,24,26)(H,25,27,28). The number of carbonyl (C=O) groups is 3. The highest BCUT2D eigenvalue weighted by Crippen LogP contribution is 2.37. The van der Waals surface area contributed by atoms with Crippen molar-refractivity contribution in [1.82, 2.24) is 5.32 Å². The van der Waals surface area contributed by atoms with Crippen LogP contribution in [0.15, 0.2) is 29.2 Å². The zero-order chi connectivity index (χ0) is 22.4. The Morgan fingerprint density at radius 3 is 2.48 bits per heavy atom. The van der Waals surface area contributed by atoms with Crippen LogP contribution in [0.4, 0.5) is 9.80 Å². The third-order valence-electron chi connectivity index (χ3n) is 4.96. The molecular weight excluding hydrogens is 432 g/mol. The maximum atomic E-state index is 12.8. The van der Waals surface area contributed by atoms with Gasteiger partial charge in [-0.15, -0.1) is 23.1 Å². The number of fused-ring (bicyclic) bond motifs is 1. The SMILES string of the molecule is COC(=O)NC(=O)c1c(NC(=O)Cc2ccc(SC(C)C)cc2)sc2c1CCCCC2. The first-order chi connectivity index (χ1) is 14.9. The molecule has 8 heteroatoms. The molecule has 0 atom stereocenters. The number of rotatable bonds is 6. The molecule has 31 heavy (non-hydrogen) atoms. The molecule has 1 aromatic heterocycles. The van der Waals surface area contributed by atoms with Crippen LogP contribution in [0.5, 0.6) is 0 Å². The number of ether oxygens (including phenoxy) is 1. The number of carbonyl (C=O) groups excluding carboxylic acids is 3. The van der Waals surface area contributed by atoms with Crippen LogP contribution in [0.2, 0.25) is 0 Å². The van der Waals surface area contributed by atoms with Gasteiger partial charge in [0.15, 0.2) is 0 Å². The fraction of sp³-hybridized carbons (Fsp3) is 0.435. The molecule has 0 radical (unpaired) electrons. The average molecular weight is 461 g/mol. The molecule has 0 spiro atoms. The maximum Gasteiger partial charge on any atom is 0.413 e. The first-order valence-electron chi connectivity index (χ1n) is 10.5. The van der Waals surface area contributed by atoms with Crippen molar-refractivity contribution in [2.24, 2.45) is 0 Å². The smallest absolute Gasteiger partial charge is 0.413 e. The molecule has 0 saturated carbocycles. The van der Waals surface area contributed by atoms with Gasteiger partial charge in [0.1, 0.15) is 5.00 Å². The van der Waals surface area contributed by atoms with E-state index in [0.717, 1.165) is 48.1 Å². The minimum Gasteiger partial charge on any atom is -0.453 e. The molecule has 0 unspecified atom stereocenters. The van der Waals surface area contributed by atoms with E-state index in [4.69, 9.17) is 0 Å². The third kappa shape index (κ3) is 6.33. The summed E-state index contributed by atoms with van der Waals surface area (Å²) < 4.78 is 4.56. The van der Waals surface area contributed by atoms with E-state index in [2.05, 4.69) is 29.2 Å². The van der Waals surface area contributed by atoms with Crippen molar-refractivity contribution in [3.8, 4) is 0 Å². The minimum atomic E-state index is -0.810. The summed E-state index contributed by atoms with van der Waals surface area (Å²) in [7, 11) is 1.21. The van der Waals surface area contributed by atoms with Crippen molar-refractivity contribution in [3.63, 3.8) is 0 Å². The number of alkyl carbamates (subject to hydrolysis) is 1. The number of hydrogen-bond donors (Lipinski definition) is 2. The van der Waals surface area contributed by atoms with Gasteiger partial charge in [-0.25, -0.2) is 4.79 Å². The van der Waals surface area contributed by atoms with Gasteiger partial charge in [-0.05, 0) is 48.9 Å². The van der Waals surface area contributed by atoms with Crippen LogP contribution in [-0.2, 0) is 28.8 Å². The van der Waals surface area contributed by atoms with Crippen molar-refractivity contribution >= 4 is 46.0 Å². The lowest BCUT2D eigenvalue weighted by atomic mass is 10.0. The van der Waals surface area contributed by atoms with Gasteiger partial charge in [-0.3, -0.25) is 14.9 Å². The number of amides is 3. The second kappa shape index (κ2) is 10.8. The van der Waals surface area contributed by atoms with Crippen LogP contribution in [-0.4, -0.2) is 30.3 Å². The summed E-state index contributed by atoms with van der Waals surface area (Å²) >= 11 is 3.21. The highest BCUT2D eigenvalue weighted by molar-refractivity contribution is 7.99. The van der Waals surface area contributed by atoms with E-state index in [9.17, 15) is 14.4 Å². The molecule has 1 heterocycles. The summed E-state index contributed by atoms with van der Waals surface area (Å²) in [5.74, 6) is -0.718. The number of hydrogen-bond acceptors (Lipinski definition) is 6. The summed E-state index contributed by atoms with van der Waals surface area (Å²) in [5.41, 5.74) is 2.24. The van der Waals surface area contributed by atoms with Crippen molar-refractivity contribution in [2.75, 3.05) is 12.4 Å².